The van der Waals surface area contributed by atoms with E-state index in [1.54, 1.807) is 0 Å². The molecule has 1 aliphatic carbocycles. The third kappa shape index (κ3) is 2.34. The highest BCUT2D eigenvalue weighted by Gasteiger charge is 2.29. The van der Waals surface area contributed by atoms with E-state index in [1.165, 1.54) is 0 Å². The van der Waals surface area contributed by atoms with E-state index in [0.29, 0.717) is 5.92 Å². The summed E-state index contributed by atoms with van der Waals surface area (Å²) in [4.78, 5) is 8.35. The van der Waals surface area contributed by atoms with E-state index in [1.807, 2.05) is 0 Å². The van der Waals surface area contributed by atoms with Crippen LogP contribution in [0.1, 0.15) is 24.5 Å². The number of rotatable bonds is 2. The van der Waals surface area contributed by atoms with Crippen LogP contribution in [-0.2, 0) is 0 Å². The molecule has 1 aliphatic rings. The first-order chi connectivity index (χ1) is 9.47. The van der Waals surface area contributed by atoms with Gasteiger partial charge in [0, 0.05) is 11.5 Å². The van der Waals surface area contributed by atoms with Crippen LogP contribution in [0, 0.1) is 21.0 Å². The molecule has 1 fully saturated rings. The van der Waals surface area contributed by atoms with Crippen molar-refractivity contribution in [3.63, 3.8) is 0 Å². The molecule has 2 aromatic rings. The normalized spacial score (nSPS) is 14.6. The zero-order chi connectivity index (χ0) is 14.4. The Kier molecular flexibility index (Phi) is 3.31. The molecular formula is C13H9F3IN3. The van der Waals surface area contributed by atoms with Gasteiger partial charge in [0.05, 0.1) is 9.26 Å². The van der Waals surface area contributed by atoms with Crippen molar-refractivity contribution in [2.75, 3.05) is 5.73 Å². The molecule has 0 unspecified atom stereocenters. The van der Waals surface area contributed by atoms with Gasteiger partial charge in [0.25, 0.3) is 0 Å². The molecule has 0 saturated heterocycles. The Hall–Kier alpha value is -1.38. The van der Waals surface area contributed by atoms with Crippen molar-refractivity contribution >= 4 is 28.4 Å². The maximum absolute atomic E-state index is 13.3. The van der Waals surface area contributed by atoms with Gasteiger partial charge in [-0.2, -0.15) is 0 Å². The molecular weight excluding hydrogens is 382 g/mol. The average Bonchev–Trinajstić information content (AvgIpc) is 3.22. The first-order valence-corrected chi connectivity index (χ1v) is 7.03. The third-order valence-corrected chi connectivity index (χ3v) is 4.21. The fourth-order valence-corrected chi connectivity index (χ4v) is 2.61. The number of nitrogens with zero attached hydrogens (tertiary/aromatic N) is 2. The summed E-state index contributed by atoms with van der Waals surface area (Å²) in [5.41, 5.74) is 6.68. The number of aromatic nitrogens is 2. The Morgan fingerprint density at radius 2 is 1.70 bits per heavy atom. The topological polar surface area (TPSA) is 51.8 Å². The highest BCUT2D eigenvalue weighted by Crippen LogP contribution is 2.42. The number of nitrogen functional groups attached to an aromatic ring is 1. The Morgan fingerprint density at radius 3 is 2.25 bits per heavy atom. The summed E-state index contributed by atoms with van der Waals surface area (Å²) >= 11 is 2.06. The third-order valence-electron chi connectivity index (χ3n) is 3.11. The van der Waals surface area contributed by atoms with Gasteiger partial charge in [-0.1, -0.05) is 0 Å². The van der Waals surface area contributed by atoms with Crippen molar-refractivity contribution < 1.29 is 13.2 Å². The molecule has 3 rings (SSSR count). The number of halogens is 4. The van der Waals surface area contributed by atoms with Gasteiger partial charge in [0.1, 0.15) is 5.82 Å². The summed E-state index contributed by atoms with van der Waals surface area (Å²) in [5, 5.41) is 0. The standard InChI is InChI=1S/C13H9F3IN3/c14-7-3-6(4-8(15)9(7)16)13-19-11(5-1-2-5)10(17)12(18)20-13/h3-5H,1-2H2,(H2,18,19,20). The minimum atomic E-state index is -1.50. The molecule has 0 radical (unpaired) electrons. The van der Waals surface area contributed by atoms with Crippen LogP contribution in [0.2, 0.25) is 0 Å². The first-order valence-electron chi connectivity index (χ1n) is 5.95. The second-order valence-corrected chi connectivity index (χ2v) is 5.74. The van der Waals surface area contributed by atoms with Gasteiger partial charge >= 0.3 is 0 Å². The quantitative estimate of drug-likeness (QED) is 0.629. The van der Waals surface area contributed by atoms with Crippen molar-refractivity contribution in [3.8, 4) is 11.4 Å². The molecule has 0 aliphatic heterocycles. The maximum Gasteiger partial charge on any atom is 0.194 e. The fourth-order valence-electron chi connectivity index (χ4n) is 1.92. The van der Waals surface area contributed by atoms with Crippen molar-refractivity contribution in [2.24, 2.45) is 0 Å². The van der Waals surface area contributed by atoms with Crippen LogP contribution in [0.3, 0.4) is 0 Å². The highest BCUT2D eigenvalue weighted by molar-refractivity contribution is 14.1. The van der Waals surface area contributed by atoms with E-state index in [0.717, 1.165) is 34.2 Å². The highest BCUT2D eigenvalue weighted by atomic mass is 127. The molecule has 7 heteroatoms. The van der Waals surface area contributed by atoms with Crippen LogP contribution >= 0.6 is 22.6 Å². The van der Waals surface area contributed by atoms with E-state index in [4.69, 9.17) is 5.73 Å². The second kappa shape index (κ2) is 4.87. The van der Waals surface area contributed by atoms with E-state index in [-0.39, 0.29) is 17.2 Å². The molecule has 1 aromatic heterocycles. The Bertz CT molecular complexity index is 678. The van der Waals surface area contributed by atoms with Crippen molar-refractivity contribution in [1.29, 1.82) is 0 Å². The summed E-state index contributed by atoms with van der Waals surface area (Å²) in [6.45, 7) is 0. The molecule has 2 N–H and O–H groups in total. The van der Waals surface area contributed by atoms with Gasteiger partial charge < -0.3 is 5.73 Å². The largest absolute Gasteiger partial charge is 0.383 e. The van der Waals surface area contributed by atoms with E-state index in [2.05, 4.69) is 32.6 Å². The lowest BCUT2D eigenvalue weighted by Crippen LogP contribution is -2.05. The molecule has 0 atom stereocenters. The number of hydrogen-bond donors (Lipinski definition) is 1. The lowest BCUT2D eigenvalue weighted by Gasteiger charge is -2.09. The Balaban J connectivity index is 2.15. The lowest BCUT2D eigenvalue weighted by molar-refractivity contribution is 0.447. The molecule has 0 spiro atoms. The molecule has 1 heterocycles. The minimum absolute atomic E-state index is 0.0754. The Morgan fingerprint density at radius 1 is 1.10 bits per heavy atom. The van der Waals surface area contributed by atoms with Crippen LogP contribution in [0.4, 0.5) is 19.0 Å². The van der Waals surface area contributed by atoms with Crippen molar-refractivity contribution in [3.05, 3.63) is 38.8 Å². The predicted octanol–water partition coefficient (Wildman–Crippen LogP) is 3.63. The van der Waals surface area contributed by atoms with Gasteiger partial charge in [-0.05, 0) is 47.6 Å². The molecule has 0 bridgehead atoms. The monoisotopic (exact) mass is 391 g/mol. The fraction of sp³-hybridized carbons (Fsp3) is 0.231. The summed E-state index contributed by atoms with van der Waals surface area (Å²) in [5.74, 6) is -3.34. The van der Waals surface area contributed by atoms with Gasteiger partial charge in [0.15, 0.2) is 23.3 Å². The van der Waals surface area contributed by atoms with Gasteiger partial charge in [-0.25, -0.2) is 23.1 Å². The number of hydrogen-bond acceptors (Lipinski definition) is 3. The van der Waals surface area contributed by atoms with Crippen LogP contribution in [0.25, 0.3) is 11.4 Å². The summed E-state index contributed by atoms with van der Waals surface area (Å²) in [7, 11) is 0. The first kappa shape index (κ1) is 13.6. The zero-order valence-corrected chi connectivity index (χ0v) is 12.3. The average molecular weight is 391 g/mol. The summed E-state index contributed by atoms with van der Waals surface area (Å²) in [6, 6.07) is 1.74. The summed E-state index contributed by atoms with van der Waals surface area (Å²) in [6.07, 6.45) is 2.02. The maximum atomic E-state index is 13.3. The van der Waals surface area contributed by atoms with Gasteiger partial charge in [-0.3, -0.25) is 0 Å². The smallest absolute Gasteiger partial charge is 0.194 e. The van der Waals surface area contributed by atoms with Crippen LogP contribution in [0.5, 0.6) is 0 Å². The van der Waals surface area contributed by atoms with Crippen LogP contribution < -0.4 is 5.73 Å². The second-order valence-electron chi connectivity index (χ2n) is 4.66. The molecule has 20 heavy (non-hydrogen) atoms. The van der Waals surface area contributed by atoms with E-state index < -0.39 is 17.5 Å². The molecule has 1 aromatic carbocycles. The number of anilines is 1. The SMILES string of the molecule is Nc1nc(-c2cc(F)c(F)c(F)c2)nc(C2CC2)c1I. The molecule has 0 amide bonds. The van der Waals surface area contributed by atoms with Crippen LogP contribution in [0.15, 0.2) is 12.1 Å². The number of nitrogens with two attached hydrogens (primary N) is 1. The van der Waals surface area contributed by atoms with Crippen LogP contribution in [-0.4, -0.2) is 9.97 Å². The van der Waals surface area contributed by atoms with Gasteiger partial charge in [-0.15, -0.1) is 0 Å². The summed E-state index contributed by atoms with van der Waals surface area (Å²) < 4.78 is 40.3. The van der Waals surface area contributed by atoms with Crippen molar-refractivity contribution in [2.45, 2.75) is 18.8 Å². The van der Waals surface area contributed by atoms with E-state index >= 15 is 0 Å². The lowest BCUT2D eigenvalue weighted by atomic mass is 10.1. The van der Waals surface area contributed by atoms with E-state index in [9.17, 15) is 13.2 Å². The Labute approximate surface area is 126 Å². The molecule has 104 valence electrons. The van der Waals surface area contributed by atoms with Crippen molar-refractivity contribution in [1.82, 2.24) is 9.97 Å². The number of benzene rings is 1. The predicted molar refractivity (Wildman–Crippen MR) is 76.4 cm³/mol. The molecule has 1 saturated carbocycles. The zero-order valence-electron chi connectivity index (χ0n) is 10.1. The molecule has 3 nitrogen and oxygen atoms in total. The van der Waals surface area contributed by atoms with Gasteiger partial charge in [0.2, 0.25) is 0 Å². The minimum Gasteiger partial charge on any atom is -0.383 e.